The number of alkyl halides is 3. The van der Waals surface area contributed by atoms with Crippen LogP contribution in [0.1, 0.15) is 12.1 Å². The van der Waals surface area contributed by atoms with E-state index in [1.54, 1.807) is 0 Å². The SMILES string of the molecule is O=C1CNC(=O)N1CCCNc1cc(C(F)(F)F)nc(-c2ccncc2)n1. The predicted molar refractivity (Wildman–Crippen MR) is 88.5 cm³/mol. The van der Waals surface area contributed by atoms with Crippen LogP contribution in [0.25, 0.3) is 11.4 Å². The summed E-state index contributed by atoms with van der Waals surface area (Å²) in [6.45, 7) is 0.343. The van der Waals surface area contributed by atoms with Gasteiger partial charge in [0, 0.05) is 37.1 Å². The number of imide groups is 1. The minimum Gasteiger partial charge on any atom is -0.370 e. The highest BCUT2D eigenvalue weighted by Crippen LogP contribution is 2.30. The molecule has 0 bridgehead atoms. The zero-order valence-electron chi connectivity index (χ0n) is 14.0. The van der Waals surface area contributed by atoms with Gasteiger partial charge in [-0.2, -0.15) is 13.2 Å². The van der Waals surface area contributed by atoms with Gasteiger partial charge in [-0.25, -0.2) is 14.8 Å². The Morgan fingerprint density at radius 1 is 1.19 bits per heavy atom. The van der Waals surface area contributed by atoms with Gasteiger partial charge in [-0.3, -0.25) is 14.7 Å². The third kappa shape index (κ3) is 4.49. The molecule has 0 saturated carbocycles. The Kier molecular flexibility index (Phi) is 5.19. The molecule has 2 aromatic rings. The second-order valence-corrected chi connectivity index (χ2v) is 5.68. The maximum atomic E-state index is 13.1. The van der Waals surface area contributed by atoms with Crippen LogP contribution in [0, 0.1) is 0 Å². The summed E-state index contributed by atoms with van der Waals surface area (Å²) < 4.78 is 39.4. The number of urea groups is 1. The van der Waals surface area contributed by atoms with Crippen molar-refractivity contribution in [1.82, 2.24) is 25.2 Å². The maximum absolute atomic E-state index is 13.1. The van der Waals surface area contributed by atoms with Gasteiger partial charge < -0.3 is 10.6 Å². The van der Waals surface area contributed by atoms with Crippen LogP contribution < -0.4 is 10.6 Å². The number of anilines is 1. The number of carbonyl (C=O) groups is 2. The molecule has 1 aliphatic heterocycles. The number of pyridine rings is 1. The number of halogens is 3. The van der Waals surface area contributed by atoms with Crippen LogP contribution in [0.4, 0.5) is 23.8 Å². The van der Waals surface area contributed by atoms with Crippen molar-refractivity contribution in [1.29, 1.82) is 0 Å². The van der Waals surface area contributed by atoms with Gasteiger partial charge in [-0.1, -0.05) is 0 Å². The van der Waals surface area contributed by atoms with Crippen LogP contribution in [0.5, 0.6) is 0 Å². The van der Waals surface area contributed by atoms with Gasteiger partial charge in [0.2, 0.25) is 5.91 Å². The molecule has 27 heavy (non-hydrogen) atoms. The molecule has 1 aliphatic rings. The fraction of sp³-hybridized carbons (Fsp3) is 0.312. The number of rotatable bonds is 6. The molecule has 2 aromatic heterocycles. The Morgan fingerprint density at radius 2 is 1.93 bits per heavy atom. The Hall–Kier alpha value is -3.24. The Morgan fingerprint density at radius 3 is 2.56 bits per heavy atom. The van der Waals surface area contributed by atoms with Gasteiger partial charge in [0.25, 0.3) is 0 Å². The van der Waals surface area contributed by atoms with Crippen LogP contribution in [-0.2, 0) is 11.0 Å². The van der Waals surface area contributed by atoms with Crippen molar-refractivity contribution in [2.75, 3.05) is 25.0 Å². The third-order valence-electron chi connectivity index (χ3n) is 3.76. The first kappa shape index (κ1) is 18.5. The van der Waals surface area contributed by atoms with E-state index >= 15 is 0 Å². The van der Waals surface area contributed by atoms with Gasteiger partial charge in [-0.05, 0) is 18.6 Å². The van der Waals surface area contributed by atoms with Crippen molar-refractivity contribution in [2.45, 2.75) is 12.6 Å². The molecule has 0 unspecified atom stereocenters. The van der Waals surface area contributed by atoms with Crippen molar-refractivity contribution in [3.8, 4) is 11.4 Å². The van der Waals surface area contributed by atoms with Crippen LogP contribution >= 0.6 is 0 Å². The first-order valence-electron chi connectivity index (χ1n) is 8.03. The largest absolute Gasteiger partial charge is 0.433 e. The molecule has 3 rings (SSSR count). The second-order valence-electron chi connectivity index (χ2n) is 5.68. The van der Waals surface area contributed by atoms with Gasteiger partial charge in [0.1, 0.15) is 5.82 Å². The van der Waals surface area contributed by atoms with Crippen LogP contribution in [0.15, 0.2) is 30.6 Å². The first-order chi connectivity index (χ1) is 12.8. The van der Waals surface area contributed by atoms with Gasteiger partial charge in [0.15, 0.2) is 11.5 Å². The molecular weight excluding hydrogens is 365 g/mol. The topological polar surface area (TPSA) is 100 Å². The van der Waals surface area contributed by atoms with E-state index in [0.717, 1.165) is 11.0 Å². The Bertz CT molecular complexity index is 828. The molecule has 8 nitrogen and oxygen atoms in total. The molecule has 2 N–H and O–H groups in total. The van der Waals surface area contributed by atoms with Crippen molar-refractivity contribution >= 4 is 17.8 Å². The smallest absolute Gasteiger partial charge is 0.370 e. The summed E-state index contributed by atoms with van der Waals surface area (Å²) in [6.07, 6.45) is -1.40. The van der Waals surface area contributed by atoms with Crippen LogP contribution in [0.2, 0.25) is 0 Å². The molecule has 0 radical (unpaired) electrons. The molecule has 11 heteroatoms. The first-order valence-corrected chi connectivity index (χ1v) is 8.03. The summed E-state index contributed by atoms with van der Waals surface area (Å²) in [6, 6.07) is 3.37. The number of carbonyl (C=O) groups excluding carboxylic acids is 2. The van der Waals surface area contributed by atoms with E-state index in [-0.39, 0.29) is 37.2 Å². The maximum Gasteiger partial charge on any atom is 0.433 e. The number of hydrogen-bond acceptors (Lipinski definition) is 6. The van der Waals surface area contributed by atoms with Crippen molar-refractivity contribution in [3.63, 3.8) is 0 Å². The van der Waals surface area contributed by atoms with Gasteiger partial charge in [-0.15, -0.1) is 0 Å². The molecule has 0 spiro atoms. The fourth-order valence-corrected chi connectivity index (χ4v) is 2.45. The molecule has 0 aliphatic carbocycles. The highest BCUT2D eigenvalue weighted by molar-refractivity contribution is 6.01. The monoisotopic (exact) mass is 380 g/mol. The van der Waals surface area contributed by atoms with Crippen molar-refractivity contribution in [2.24, 2.45) is 0 Å². The number of amides is 3. The van der Waals surface area contributed by atoms with Gasteiger partial charge in [0.05, 0.1) is 6.54 Å². The lowest BCUT2D eigenvalue weighted by Crippen LogP contribution is -2.32. The summed E-state index contributed by atoms with van der Waals surface area (Å²) in [4.78, 5) is 35.5. The normalized spacial score (nSPS) is 14.4. The van der Waals surface area contributed by atoms with Crippen LogP contribution in [-0.4, -0.2) is 51.4 Å². The zero-order chi connectivity index (χ0) is 19.4. The summed E-state index contributed by atoms with van der Waals surface area (Å²) in [5.41, 5.74) is -0.667. The molecule has 3 heterocycles. The lowest BCUT2D eigenvalue weighted by Gasteiger charge is -2.14. The number of aromatic nitrogens is 3. The molecule has 3 amide bonds. The fourth-order valence-electron chi connectivity index (χ4n) is 2.45. The summed E-state index contributed by atoms with van der Waals surface area (Å²) >= 11 is 0. The van der Waals surface area contributed by atoms with E-state index in [4.69, 9.17) is 0 Å². The molecule has 0 atom stereocenters. The summed E-state index contributed by atoms with van der Waals surface area (Å²) in [7, 11) is 0. The Labute approximate surface area is 151 Å². The third-order valence-corrected chi connectivity index (χ3v) is 3.76. The molecule has 0 aromatic carbocycles. The summed E-state index contributed by atoms with van der Waals surface area (Å²) in [5, 5.41) is 5.18. The van der Waals surface area contributed by atoms with Crippen molar-refractivity contribution in [3.05, 3.63) is 36.3 Å². The van der Waals surface area contributed by atoms with E-state index in [1.807, 2.05) is 0 Å². The molecule has 1 fully saturated rings. The Balaban J connectivity index is 1.70. The van der Waals surface area contributed by atoms with E-state index in [1.165, 1.54) is 24.5 Å². The number of nitrogens with zero attached hydrogens (tertiary/aromatic N) is 4. The molecule has 1 saturated heterocycles. The quantitative estimate of drug-likeness (QED) is 0.587. The number of hydrogen-bond donors (Lipinski definition) is 2. The van der Waals surface area contributed by atoms with Crippen LogP contribution in [0.3, 0.4) is 0 Å². The standard InChI is InChI=1S/C16H15F3N6O2/c17-16(18,19)11-8-12(24-14(23-11)10-2-5-20-6-3-10)21-4-1-7-25-13(26)9-22-15(25)27/h2-3,5-6,8H,1,4,7,9H2,(H,22,27)(H,21,23,24). The van der Waals surface area contributed by atoms with Crippen molar-refractivity contribution < 1.29 is 22.8 Å². The van der Waals surface area contributed by atoms with E-state index < -0.39 is 17.9 Å². The second kappa shape index (κ2) is 7.56. The number of nitrogens with one attached hydrogen (secondary N) is 2. The lowest BCUT2D eigenvalue weighted by atomic mass is 10.2. The average Bonchev–Trinajstić information content (AvgIpc) is 2.97. The lowest BCUT2D eigenvalue weighted by molar-refractivity contribution is -0.141. The summed E-state index contributed by atoms with van der Waals surface area (Å²) in [5.74, 6) is -0.411. The highest BCUT2D eigenvalue weighted by Gasteiger charge is 2.34. The molecular formula is C16H15F3N6O2. The predicted octanol–water partition coefficient (Wildman–Crippen LogP) is 1.91. The van der Waals surface area contributed by atoms with E-state index in [0.29, 0.717) is 12.0 Å². The average molecular weight is 380 g/mol. The van der Waals surface area contributed by atoms with Gasteiger partial charge >= 0.3 is 12.2 Å². The highest BCUT2D eigenvalue weighted by atomic mass is 19.4. The zero-order valence-corrected chi connectivity index (χ0v) is 14.0. The van der Waals surface area contributed by atoms with E-state index in [2.05, 4.69) is 25.6 Å². The molecule has 142 valence electrons. The van der Waals surface area contributed by atoms with E-state index in [9.17, 15) is 22.8 Å². The minimum absolute atomic E-state index is 0.00124. The minimum atomic E-state index is -4.62.